The highest BCUT2D eigenvalue weighted by Gasteiger charge is 2.16. The third-order valence-corrected chi connectivity index (χ3v) is 2.74. The lowest BCUT2D eigenvalue weighted by atomic mass is 10.0. The van der Waals surface area contributed by atoms with E-state index in [-0.39, 0.29) is 16.7 Å². The van der Waals surface area contributed by atoms with Gasteiger partial charge < -0.3 is 8.17 Å². The number of carboxylic acids is 1. The van der Waals surface area contributed by atoms with Gasteiger partial charge in [-0.15, -0.1) is 0 Å². The number of hydrogen-bond acceptors (Lipinski definition) is 2. The molecular formula is C11H6FIO3. The molecule has 5 heteroatoms. The average Bonchev–Trinajstić information content (AvgIpc) is 2.27. The summed E-state index contributed by atoms with van der Waals surface area (Å²) in [7, 11) is 0. The van der Waals surface area contributed by atoms with Crippen LogP contribution >= 0.6 is 23.0 Å². The monoisotopic (exact) mass is 332 g/mol. The summed E-state index contributed by atoms with van der Waals surface area (Å²) >= 11 is 1.60. The van der Waals surface area contributed by atoms with E-state index in [9.17, 15) is 9.18 Å². The number of aromatic carboxylic acids is 1. The molecule has 0 aliphatic carbocycles. The molecule has 0 atom stereocenters. The minimum Gasteiger partial charge on any atom is -0.478 e. The van der Waals surface area contributed by atoms with Gasteiger partial charge in [-0.2, -0.15) is 0 Å². The Balaban J connectivity index is 2.90. The second kappa shape index (κ2) is 4.25. The van der Waals surface area contributed by atoms with Gasteiger partial charge in [0.05, 0.1) is 0 Å². The first-order valence-electron chi connectivity index (χ1n) is 4.38. The highest BCUT2D eigenvalue weighted by atomic mass is 127. The molecule has 2 rings (SSSR count). The summed E-state index contributed by atoms with van der Waals surface area (Å²) in [5.74, 6) is -1.37. The van der Waals surface area contributed by atoms with Crippen LogP contribution in [0.5, 0.6) is 5.75 Å². The Hall–Kier alpha value is -1.37. The largest absolute Gasteiger partial charge is 0.478 e. The number of fused-ring (bicyclic) bond motifs is 1. The molecule has 0 aliphatic rings. The van der Waals surface area contributed by atoms with E-state index in [4.69, 9.17) is 8.17 Å². The van der Waals surface area contributed by atoms with E-state index in [0.717, 1.165) is 0 Å². The van der Waals surface area contributed by atoms with E-state index in [0.29, 0.717) is 5.39 Å². The highest BCUT2D eigenvalue weighted by molar-refractivity contribution is 14.1. The van der Waals surface area contributed by atoms with Crippen molar-refractivity contribution in [3.63, 3.8) is 0 Å². The summed E-state index contributed by atoms with van der Waals surface area (Å²) in [6, 6.07) is 7.27. The topological polar surface area (TPSA) is 46.5 Å². The maximum absolute atomic E-state index is 13.4. The molecule has 0 saturated carbocycles. The number of carbonyl (C=O) groups is 1. The first-order valence-corrected chi connectivity index (χ1v) is 5.26. The van der Waals surface area contributed by atoms with Gasteiger partial charge >= 0.3 is 5.97 Å². The van der Waals surface area contributed by atoms with E-state index in [1.807, 2.05) is 0 Å². The second-order valence-corrected chi connectivity index (χ2v) is 3.60. The molecule has 0 radical (unpaired) electrons. The summed E-state index contributed by atoms with van der Waals surface area (Å²) in [4.78, 5) is 11.1. The Morgan fingerprint density at radius 1 is 1.25 bits per heavy atom. The van der Waals surface area contributed by atoms with Crippen molar-refractivity contribution in [3.05, 3.63) is 41.7 Å². The lowest BCUT2D eigenvalue weighted by molar-refractivity contribution is 0.0697. The molecule has 0 amide bonds. The zero-order valence-corrected chi connectivity index (χ0v) is 10.1. The molecule has 0 aliphatic heterocycles. The van der Waals surface area contributed by atoms with Crippen molar-refractivity contribution in [2.24, 2.45) is 0 Å². The Labute approximate surface area is 105 Å². The van der Waals surface area contributed by atoms with Crippen LogP contribution in [0.3, 0.4) is 0 Å². The van der Waals surface area contributed by atoms with Crippen molar-refractivity contribution in [1.82, 2.24) is 0 Å². The number of halogens is 2. The molecule has 0 saturated heterocycles. The maximum Gasteiger partial charge on any atom is 0.340 e. The SMILES string of the molecule is O=C(O)c1c(OI)ccc2c(F)cccc12. The van der Waals surface area contributed by atoms with E-state index in [1.165, 1.54) is 24.3 Å². The van der Waals surface area contributed by atoms with Gasteiger partial charge in [-0.1, -0.05) is 12.1 Å². The average molecular weight is 332 g/mol. The molecule has 82 valence electrons. The molecule has 1 N–H and O–H groups in total. The molecule has 16 heavy (non-hydrogen) atoms. The van der Waals surface area contributed by atoms with Crippen molar-refractivity contribution in [1.29, 1.82) is 0 Å². The van der Waals surface area contributed by atoms with Crippen LogP contribution in [0.1, 0.15) is 10.4 Å². The third-order valence-electron chi connectivity index (χ3n) is 2.27. The molecule has 3 nitrogen and oxygen atoms in total. The van der Waals surface area contributed by atoms with E-state index >= 15 is 0 Å². The molecule has 2 aromatic rings. The van der Waals surface area contributed by atoms with Crippen LogP contribution in [0.4, 0.5) is 4.39 Å². The van der Waals surface area contributed by atoms with E-state index in [2.05, 4.69) is 0 Å². The van der Waals surface area contributed by atoms with Gasteiger partial charge in [0.25, 0.3) is 0 Å². The number of hydrogen-bond donors (Lipinski definition) is 1. The van der Waals surface area contributed by atoms with Crippen LogP contribution in [0, 0.1) is 5.82 Å². The van der Waals surface area contributed by atoms with Gasteiger partial charge in [-0.3, -0.25) is 0 Å². The van der Waals surface area contributed by atoms with Crippen LogP contribution in [0.15, 0.2) is 30.3 Å². The first kappa shape index (κ1) is 11.1. The second-order valence-electron chi connectivity index (χ2n) is 3.16. The third kappa shape index (κ3) is 1.71. The minimum absolute atomic E-state index is 0.0219. The van der Waals surface area contributed by atoms with Gasteiger partial charge in [-0.25, -0.2) is 9.18 Å². The smallest absolute Gasteiger partial charge is 0.340 e. The van der Waals surface area contributed by atoms with Crippen LogP contribution < -0.4 is 3.07 Å². The fourth-order valence-electron chi connectivity index (χ4n) is 1.58. The molecule has 2 aromatic carbocycles. The number of carboxylic acid groups (broad SMARTS) is 1. The molecule has 0 heterocycles. The van der Waals surface area contributed by atoms with Gasteiger partial charge in [0, 0.05) is 10.8 Å². The van der Waals surface area contributed by atoms with E-state index < -0.39 is 11.8 Å². The standard InChI is InChI=1S/C11H6FIO3/c12-8-3-1-2-7-6(8)4-5-9(16-13)10(7)11(14)15/h1-5H,(H,14,15). The van der Waals surface area contributed by atoms with Gasteiger partial charge in [0.2, 0.25) is 0 Å². The van der Waals surface area contributed by atoms with Gasteiger partial charge in [-0.05, 0) is 18.2 Å². The zero-order valence-electron chi connectivity index (χ0n) is 7.91. The minimum atomic E-state index is -1.14. The van der Waals surface area contributed by atoms with Crippen molar-refractivity contribution in [2.75, 3.05) is 0 Å². The van der Waals surface area contributed by atoms with Crippen LogP contribution in [-0.2, 0) is 0 Å². The van der Waals surface area contributed by atoms with Gasteiger partial charge in [0.15, 0.2) is 23.0 Å². The Kier molecular flexibility index (Phi) is 2.95. The summed E-state index contributed by atoms with van der Waals surface area (Å²) in [6.07, 6.45) is 0. The summed E-state index contributed by atoms with van der Waals surface area (Å²) in [5.41, 5.74) is -0.0219. The lowest BCUT2D eigenvalue weighted by Crippen LogP contribution is -2.00. The molecule has 0 unspecified atom stereocenters. The number of benzene rings is 2. The van der Waals surface area contributed by atoms with E-state index in [1.54, 1.807) is 29.1 Å². The molecule has 0 spiro atoms. The summed E-state index contributed by atoms with van der Waals surface area (Å²) in [5, 5.41) is 9.69. The summed E-state index contributed by atoms with van der Waals surface area (Å²) < 4.78 is 18.4. The summed E-state index contributed by atoms with van der Waals surface area (Å²) in [6.45, 7) is 0. The highest BCUT2D eigenvalue weighted by Crippen LogP contribution is 2.30. The van der Waals surface area contributed by atoms with Gasteiger partial charge in [0.1, 0.15) is 17.1 Å². The molecular weight excluding hydrogens is 326 g/mol. The number of rotatable bonds is 2. The quantitative estimate of drug-likeness (QED) is 0.858. The fraction of sp³-hybridized carbons (Fsp3) is 0. The van der Waals surface area contributed by atoms with Crippen molar-refractivity contribution >= 4 is 39.7 Å². The van der Waals surface area contributed by atoms with Crippen molar-refractivity contribution < 1.29 is 17.4 Å². The lowest BCUT2D eigenvalue weighted by Gasteiger charge is -2.07. The van der Waals surface area contributed by atoms with Crippen molar-refractivity contribution in [3.8, 4) is 5.75 Å². The first-order chi connectivity index (χ1) is 7.65. The van der Waals surface area contributed by atoms with Crippen molar-refractivity contribution in [2.45, 2.75) is 0 Å². The zero-order chi connectivity index (χ0) is 11.7. The van der Waals surface area contributed by atoms with Crippen LogP contribution in [0.2, 0.25) is 0 Å². The molecule has 0 bridgehead atoms. The predicted octanol–water partition coefficient (Wildman–Crippen LogP) is 3.41. The molecule has 0 fully saturated rings. The molecule has 0 aromatic heterocycles. The van der Waals surface area contributed by atoms with Crippen LogP contribution in [0.25, 0.3) is 10.8 Å². The predicted molar refractivity (Wildman–Crippen MR) is 65.5 cm³/mol. The Bertz CT molecular complexity index is 568. The fourth-order valence-corrected chi connectivity index (χ4v) is 1.95. The Morgan fingerprint density at radius 3 is 2.62 bits per heavy atom. The van der Waals surface area contributed by atoms with Crippen LogP contribution in [-0.4, -0.2) is 11.1 Å². The maximum atomic E-state index is 13.4. The normalized spacial score (nSPS) is 10.4. The Morgan fingerprint density at radius 2 is 2.00 bits per heavy atom.